The largest absolute Gasteiger partial charge is 0.481 e. The summed E-state index contributed by atoms with van der Waals surface area (Å²) in [6.07, 6.45) is -0.812. The summed E-state index contributed by atoms with van der Waals surface area (Å²) < 4.78 is 10.8. The van der Waals surface area contributed by atoms with E-state index in [0.717, 1.165) is 10.9 Å². The summed E-state index contributed by atoms with van der Waals surface area (Å²) in [7, 11) is 0. The van der Waals surface area contributed by atoms with Crippen molar-refractivity contribution in [3.05, 3.63) is 69.0 Å². The number of benzene rings is 2. The third-order valence-corrected chi connectivity index (χ3v) is 4.27. The highest BCUT2D eigenvalue weighted by molar-refractivity contribution is 6.32. The summed E-state index contributed by atoms with van der Waals surface area (Å²) in [6.45, 7) is 3.41. The van der Waals surface area contributed by atoms with Crippen LogP contribution in [0.2, 0.25) is 5.02 Å². The number of rotatable bonds is 4. The van der Waals surface area contributed by atoms with E-state index in [2.05, 4.69) is 5.32 Å². The average Bonchev–Trinajstić information content (AvgIpc) is 2.61. The predicted molar refractivity (Wildman–Crippen MR) is 102 cm³/mol. The third-order valence-electron chi connectivity index (χ3n) is 3.96. The topological polar surface area (TPSA) is 92.3 Å². The van der Waals surface area contributed by atoms with Crippen LogP contribution in [0.1, 0.15) is 18.1 Å². The van der Waals surface area contributed by atoms with E-state index < -0.39 is 11.7 Å². The number of nitriles is 1. The van der Waals surface area contributed by atoms with E-state index in [1.165, 1.54) is 18.2 Å². The molecule has 7 heteroatoms. The second-order valence-electron chi connectivity index (χ2n) is 5.96. The van der Waals surface area contributed by atoms with Gasteiger partial charge in [0, 0.05) is 23.2 Å². The maximum atomic E-state index is 12.3. The van der Waals surface area contributed by atoms with E-state index >= 15 is 0 Å². The number of nitrogens with one attached hydrogen (secondary N) is 1. The summed E-state index contributed by atoms with van der Waals surface area (Å²) in [5, 5.41) is 12.6. The van der Waals surface area contributed by atoms with Gasteiger partial charge in [-0.05, 0) is 49.7 Å². The lowest BCUT2D eigenvalue weighted by Crippen LogP contribution is -2.30. The molecule has 0 fully saturated rings. The summed E-state index contributed by atoms with van der Waals surface area (Å²) in [6, 6.07) is 13.0. The van der Waals surface area contributed by atoms with Crippen molar-refractivity contribution >= 4 is 34.2 Å². The number of halogens is 1. The first-order valence-corrected chi connectivity index (χ1v) is 8.47. The molecule has 0 unspecified atom stereocenters. The summed E-state index contributed by atoms with van der Waals surface area (Å²) in [5.41, 5.74) is 1.53. The number of anilines is 1. The van der Waals surface area contributed by atoms with E-state index in [-0.39, 0.29) is 10.9 Å². The molecule has 1 atom stereocenters. The smallest absolute Gasteiger partial charge is 0.336 e. The normalized spacial score (nSPS) is 11.6. The molecule has 3 aromatic rings. The lowest BCUT2D eigenvalue weighted by atomic mass is 10.1. The van der Waals surface area contributed by atoms with Gasteiger partial charge in [0.25, 0.3) is 5.91 Å². The van der Waals surface area contributed by atoms with E-state index in [4.69, 9.17) is 26.0 Å². The Morgan fingerprint density at radius 1 is 1.26 bits per heavy atom. The molecule has 1 amide bonds. The third kappa shape index (κ3) is 4.10. The van der Waals surface area contributed by atoms with Gasteiger partial charge in [0.05, 0.1) is 10.6 Å². The number of hydrogen-bond acceptors (Lipinski definition) is 5. The molecular formula is C20H15ClN2O4. The van der Waals surface area contributed by atoms with Gasteiger partial charge < -0.3 is 14.5 Å². The van der Waals surface area contributed by atoms with E-state index in [1.54, 1.807) is 31.2 Å². The Labute approximate surface area is 159 Å². The van der Waals surface area contributed by atoms with Gasteiger partial charge in [0.15, 0.2) is 6.10 Å². The van der Waals surface area contributed by atoms with Crippen LogP contribution >= 0.6 is 11.6 Å². The fourth-order valence-corrected chi connectivity index (χ4v) is 2.79. The fourth-order valence-electron chi connectivity index (χ4n) is 2.56. The van der Waals surface area contributed by atoms with Crippen molar-refractivity contribution in [1.29, 1.82) is 5.26 Å². The van der Waals surface area contributed by atoms with Gasteiger partial charge in [-0.2, -0.15) is 5.26 Å². The molecule has 0 aliphatic heterocycles. The van der Waals surface area contributed by atoms with Crippen molar-refractivity contribution in [3.63, 3.8) is 0 Å². The first kappa shape index (κ1) is 18.5. The zero-order valence-corrected chi connectivity index (χ0v) is 15.3. The molecule has 0 saturated carbocycles. The molecule has 27 heavy (non-hydrogen) atoms. The number of fused-ring (bicyclic) bond motifs is 1. The molecule has 1 aromatic heterocycles. The SMILES string of the molecule is Cc1cc(=O)oc2cc(O[C@H](C)C(=O)Nc3ccc(C#N)c(Cl)c3)ccc12. The van der Waals surface area contributed by atoms with Crippen LogP contribution in [0.4, 0.5) is 5.69 Å². The summed E-state index contributed by atoms with van der Waals surface area (Å²) in [4.78, 5) is 23.9. The van der Waals surface area contributed by atoms with Gasteiger partial charge in [-0.15, -0.1) is 0 Å². The van der Waals surface area contributed by atoms with Gasteiger partial charge >= 0.3 is 5.63 Å². The number of nitrogens with zero attached hydrogens (tertiary/aromatic N) is 1. The van der Waals surface area contributed by atoms with Crippen LogP contribution in [0.25, 0.3) is 11.0 Å². The lowest BCUT2D eigenvalue weighted by Gasteiger charge is -2.15. The molecule has 3 rings (SSSR count). The zero-order valence-electron chi connectivity index (χ0n) is 14.6. The highest BCUT2D eigenvalue weighted by atomic mass is 35.5. The standard InChI is InChI=1S/C20H15ClN2O4/c1-11-7-19(24)27-18-9-15(5-6-16(11)18)26-12(2)20(25)23-14-4-3-13(10-22)17(21)8-14/h3-9,12H,1-2H3,(H,23,25)/t12-/m1/s1. The maximum absolute atomic E-state index is 12.3. The Morgan fingerprint density at radius 2 is 2.04 bits per heavy atom. The van der Waals surface area contributed by atoms with Crippen molar-refractivity contribution < 1.29 is 13.9 Å². The van der Waals surface area contributed by atoms with Gasteiger partial charge in [-0.1, -0.05) is 11.6 Å². The molecule has 0 aliphatic rings. The zero-order chi connectivity index (χ0) is 19.6. The Bertz CT molecular complexity index is 1130. The number of aryl methyl sites for hydroxylation is 1. The summed E-state index contributed by atoms with van der Waals surface area (Å²) in [5.74, 6) is 0.0123. The van der Waals surface area contributed by atoms with Crippen molar-refractivity contribution in [2.45, 2.75) is 20.0 Å². The Balaban J connectivity index is 1.74. The molecule has 1 heterocycles. The van der Waals surface area contributed by atoms with Gasteiger partial charge in [0.2, 0.25) is 0 Å². The molecule has 1 N–H and O–H groups in total. The van der Waals surface area contributed by atoms with Gasteiger partial charge in [-0.25, -0.2) is 4.79 Å². The van der Waals surface area contributed by atoms with Crippen molar-refractivity contribution in [2.75, 3.05) is 5.32 Å². The van der Waals surface area contributed by atoms with E-state index in [1.807, 2.05) is 13.0 Å². The quantitative estimate of drug-likeness (QED) is 0.687. The van der Waals surface area contributed by atoms with Crippen LogP contribution in [-0.4, -0.2) is 12.0 Å². The number of carbonyl (C=O) groups is 1. The molecular weight excluding hydrogens is 368 g/mol. The number of amides is 1. The minimum Gasteiger partial charge on any atom is -0.481 e. The molecule has 2 aromatic carbocycles. The van der Waals surface area contributed by atoms with Gasteiger partial charge in [0.1, 0.15) is 17.4 Å². The molecule has 6 nitrogen and oxygen atoms in total. The molecule has 0 bridgehead atoms. The Hall–Kier alpha value is -3.30. The Kier molecular flexibility index (Phi) is 5.15. The van der Waals surface area contributed by atoms with Crippen LogP contribution in [0, 0.1) is 18.3 Å². The monoisotopic (exact) mass is 382 g/mol. The predicted octanol–water partition coefficient (Wildman–Crippen LogP) is 4.03. The van der Waals surface area contributed by atoms with Crippen LogP contribution < -0.4 is 15.7 Å². The van der Waals surface area contributed by atoms with E-state index in [0.29, 0.717) is 22.6 Å². The molecule has 0 radical (unpaired) electrons. The van der Waals surface area contributed by atoms with Crippen molar-refractivity contribution in [1.82, 2.24) is 0 Å². The molecule has 0 saturated heterocycles. The highest BCUT2D eigenvalue weighted by Crippen LogP contribution is 2.24. The van der Waals surface area contributed by atoms with Crippen molar-refractivity contribution in [3.8, 4) is 11.8 Å². The van der Waals surface area contributed by atoms with Crippen molar-refractivity contribution in [2.24, 2.45) is 0 Å². The Morgan fingerprint density at radius 3 is 2.74 bits per heavy atom. The van der Waals surface area contributed by atoms with Gasteiger partial charge in [-0.3, -0.25) is 4.79 Å². The van der Waals surface area contributed by atoms with Crippen LogP contribution in [0.5, 0.6) is 5.75 Å². The maximum Gasteiger partial charge on any atom is 0.336 e. The second kappa shape index (κ2) is 7.52. The molecule has 0 aliphatic carbocycles. The highest BCUT2D eigenvalue weighted by Gasteiger charge is 2.16. The second-order valence-corrected chi connectivity index (χ2v) is 6.37. The average molecular weight is 383 g/mol. The minimum absolute atomic E-state index is 0.254. The first-order chi connectivity index (χ1) is 12.9. The number of carbonyl (C=O) groups excluding carboxylic acids is 1. The number of hydrogen-bond donors (Lipinski definition) is 1. The molecule has 0 spiro atoms. The van der Waals surface area contributed by atoms with Crippen LogP contribution in [0.3, 0.4) is 0 Å². The summed E-state index contributed by atoms with van der Waals surface area (Å²) >= 11 is 5.96. The fraction of sp³-hybridized carbons (Fsp3) is 0.150. The molecule has 136 valence electrons. The van der Waals surface area contributed by atoms with Crippen LogP contribution in [-0.2, 0) is 4.79 Å². The number of ether oxygens (including phenoxy) is 1. The minimum atomic E-state index is -0.812. The first-order valence-electron chi connectivity index (χ1n) is 8.09. The van der Waals surface area contributed by atoms with E-state index in [9.17, 15) is 9.59 Å². The van der Waals surface area contributed by atoms with Crippen LogP contribution in [0.15, 0.2) is 51.7 Å². The lowest BCUT2D eigenvalue weighted by molar-refractivity contribution is -0.122.